The Balaban J connectivity index is 3.26. The van der Waals surface area contributed by atoms with Crippen molar-refractivity contribution in [3.8, 4) is 0 Å². The van der Waals surface area contributed by atoms with Crippen molar-refractivity contribution in [1.82, 2.24) is 0 Å². The topological polar surface area (TPSA) is 69.7 Å². The third-order valence-corrected chi connectivity index (χ3v) is 3.65. The summed E-state index contributed by atoms with van der Waals surface area (Å²) in [6.07, 6.45) is 10.00. The standard InChI is InChI=1S/C15H30O5S/c1-3-4-5-6-7-8-11-15(16)14-19-12-9-10-13-20-21(2,17)18/h3-14H2,1-2H3. The van der Waals surface area contributed by atoms with Gasteiger partial charge in [0.15, 0.2) is 5.78 Å². The Morgan fingerprint density at radius 2 is 1.52 bits per heavy atom. The van der Waals surface area contributed by atoms with Crippen LogP contribution in [0.1, 0.15) is 64.7 Å². The molecule has 0 aromatic heterocycles. The van der Waals surface area contributed by atoms with Gasteiger partial charge in [0.1, 0.15) is 6.61 Å². The van der Waals surface area contributed by atoms with Crippen LogP contribution in [0.2, 0.25) is 0 Å². The monoisotopic (exact) mass is 322 g/mol. The van der Waals surface area contributed by atoms with Crippen molar-refractivity contribution in [1.29, 1.82) is 0 Å². The minimum absolute atomic E-state index is 0.151. The van der Waals surface area contributed by atoms with Gasteiger partial charge in [0.05, 0.1) is 12.9 Å². The minimum Gasteiger partial charge on any atom is -0.374 e. The SMILES string of the molecule is CCCCCCCCC(=O)COCCCCOS(C)(=O)=O. The Hall–Kier alpha value is -0.460. The number of unbranched alkanes of at least 4 members (excludes halogenated alkanes) is 6. The summed E-state index contributed by atoms with van der Waals surface area (Å²) in [6.45, 7) is 3.00. The smallest absolute Gasteiger partial charge is 0.264 e. The van der Waals surface area contributed by atoms with Crippen molar-refractivity contribution in [3.63, 3.8) is 0 Å². The Labute approximate surface area is 129 Å². The summed E-state index contributed by atoms with van der Waals surface area (Å²) in [6, 6.07) is 0. The van der Waals surface area contributed by atoms with Crippen LogP contribution in [0.5, 0.6) is 0 Å². The second kappa shape index (κ2) is 13.2. The molecule has 0 aliphatic heterocycles. The summed E-state index contributed by atoms with van der Waals surface area (Å²) in [5, 5.41) is 0. The zero-order valence-electron chi connectivity index (χ0n) is 13.4. The van der Waals surface area contributed by atoms with E-state index in [-0.39, 0.29) is 19.0 Å². The molecule has 6 heteroatoms. The molecule has 0 N–H and O–H groups in total. The highest BCUT2D eigenvalue weighted by molar-refractivity contribution is 7.85. The molecule has 0 radical (unpaired) electrons. The molecule has 0 spiro atoms. The summed E-state index contributed by atoms with van der Waals surface area (Å²) in [5.41, 5.74) is 0. The quantitative estimate of drug-likeness (QED) is 0.342. The molecule has 0 fully saturated rings. The molecule has 21 heavy (non-hydrogen) atoms. The minimum atomic E-state index is -3.34. The van der Waals surface area contributed by atoms with E-state index >= 15 is 0 Å². The maximum absolute atomic E-state index is 11.5. The lowest BCUT2D eigenvalue weighted by Gasteiger charge is -2.04. The highest BCUT2D eigenvalue weighted by Gasteiger charge is 2.03. The average Bonchev–Trinajstić information content (AvgIpc) is 2.40. The van der Waals surface area contributed by atoms with E-state index in [1.807, 2.05) is 0 Å². The largest absolute Gasteiger partial charge is 0.374 e. The molecule has 0 bridgehead atoms. The number of Topliss-reactive ketones (excluding diaryl/α,β-unsaturated/α-hetero) is 1. The van der Waals surface area contributed by atoms with E-state index in [1.165, 1.54) is 25.7 Å². The maximum atomic E-state index is 11.5. The Bertz CT molecular complexity index is 351. The van der Waals surface area contributed by atoms with Crippen molar-refractivity contribution in [2.45, 2.75) is 64.7 Å². The van der Waals surface area contributed by atoms with Gasteiger partial charge in [-0.1, -0.05) is 39.0 Å². The third-order valence-electron chi connectivity index (χ3n) is 3.05. The first kappa shape index (κ1) is 20.5. The van der Waals surface area contributed by atoms with E-state index in [4.69, 9.17) is 4.74 Å². The molecule has 126 valence electrons. The fourth-order valence-corrected chi connectivity index (χ4v) is 2.30. The van der Waals surface area contributed by atoms with Crippen molar-refractivity contribution in [3.05, 3.63) is 0 Å². The highest BCUT2D eigenvalue weighted by atomic mass is 32.2. The van der Waals surface area contributed by atoms with Gasteiger partial charge in [0.25, 0.3) is 10.1 Å². The number of ether oxygens (including phenoxy) is 1. The zero-order chi connectivity index (χ0) is 16.0. The molecule has 0 aliphatic rings. The summed E-state index contributed by atoms with van der Waals surface area (Å²) in [5.74, 6) is 0.151. The van der Waals surface area contributed by atoms with E-state index in [1.54, 1.807) is 0 Å². The van der Waals surface area contributed by atoms with Gasteiger partial charge in [-0.05, 0) is 19.3 Å². The van der Waals surface area contributed by atoms with Crippen molar-refractivity contribution in [2.75, 3.05) is 26.1 Å². The second-order valence-corrected chi connectivity index (χ2v) is 6.99. The predicted molar refractivity (Wildman–Crippen MR) is 83.8 cm³/mol. The van der Waals surface area contributed by atoms with Crippen LogP contribution < -0.4 is 0 Å². The molecule has 0 saturated heterocycles. The van der Waals surface area contributed by atoms with Crippen LogP contribution in [0, 0.1) is 0 Å². The van der Waals surface area contributed by atoms with Gasteiger partial charge in [-0.3, -0.25) is 8.98 Å². The fourth-order valence-electron chi connectivity index (χ4n) is 1.88. The first-order valence-corrected chi connectivity index (χ1v) is 9.71. The predicted octanol–water partition coefficient (Wildman–Crippen LogP) is 3.08. The van der Waals surface area contributed by atoms with Gasteiger partial charge in [0.2, 0.25) is 0 Å². The summed E-state index contributed by atoms with van der Waals surface area (Å²) in [4.78, 5) is 11.5. The molecule has 0 saturated carbocycles. The molecule has 0 heterocycles. The lowest BCUT2D eigenvalue weighted by atomic mass is 10.1. The fraction of sp³-hybridized carbons (Fsp3) is 0.933. The number of ketones is 1. The van der Waals surface area contributed by atoms with E-state index in [0.717, 1.165) is 19.1 Å². The van der Waals surface area contributed by atoms with Gasteiger partial charge < -0.3 is 4.74 Å². The van der Waals surface area contributed by atoms with Crippen LogP contribution >= 0.6 is 0 Å². The normalized spacial score (nSPS) is 11.7. The number of rotatable bonds is 15. The molecule has 5 nitrogen and oxygen atoms in total. The summed E-state index contributed by atoms with van der Waals surface area (Å²) < 4.78 is 31.3. The molecule has 0 amide bonds. The van der Waals surface area contributed by atoms with Gasteiger partial charge in [0, 0.05) is 13.0 Å². The molecule has 0 aromatic rings. The first-order chi connectivity index (χ1) is 9.95. The number of carbonyl (C=O) groups excluding carboxylic acids is 1. The van der Waals surface area contributed by atoms with Crippen molar-refractivity contribution in [2.24, 2.45) is 0 Å². The van der Waals surface area contributed by atoms with Gasteiger partial charge >= 0.3 is 0 Å². The van der Waals surface area contributed by atoms with Crippen molar-refractivity contribution >= 4 is 15.9 Å². The third kappa shape index (κ3) is 17.5. The molecule has 0 aromatic carbocycles. The molecule has 0 atom stereocenters. The average molecular weight is 322 g/mol. The van der Waals surface area contributed by atoms with Gasteiger partial charge in [-0.25, -0.2) is 0 Å². The zero-order valence-corrected chi connectivity index (χ0v) is 14.3. The van der Waals surface area contributed by atoms with Crippen molar-refractivity contribution < 1.29 is 22.1 Å². The number of carbonyl (C=O) groups is 1. The Morgan fingerprint density at radius 3 is 2.19 bits per heavy atom. The van der Waals surface area contributed by atoms with Crippen LogP contribution in [-0.2, 0) is 23.8 Å². The van der Waals surface area contributed by atoms with Gasteiger partial charge in [-0.15, -0.1) is 0 Å². The summed E-state index contributed by atoms with van der Waals surface area (Å²) in [7, 11) is -3.34. The lowest BCUT2D eigenvalue weighted by Crippen LogP contribution is -2.10. The van der Waals surface area contributed by atoms with E-state index < -0.39 is 10.1 Å². The van der Waals surface area contributed by atoms with Crippen LogP contribution in [-0.4, -0.2) is 40.3 Å². The molecular formula is C15H30O5S. The van der Waals surface area contributed by atoms with E-state index in [2.05, 4.69) is 11.1 Å². The molecule has 0 unspecified atom stereocenters. The lowest BCUT2D eigenvalue weighted by molar-refractivity contribution is -0.123. The Morgan fingerprint density at radius 1 is 0.905 bits per heavy atom. The maximum Gasteiger partial charge on any atom is 0.264 e. The van der Waals surface area contributed by atoms with Crippen LogP contribution in [0.3, 0.4) is 0 Å². The highest BCUT2D eigenvalue weighted by Crippen LogP contribution is 2.07. The van der Waals surface area contributed by atoms with E-state index in [9.17, 15) is 13.2 Å². The second-order valence-electron chi connectivity index (χ2n) is 5.34. The molecule has 0 rings (SSSR count). The van der Waals surface area contributed by atoms with Gasteiger partial charge in [-0.2, -0.15) is 8.42 Å². The number of hydrogen-bond acceptors (Lipinski definition) is 5. The van der Waals surface area contributed by atoms with Crippen LogP contribution in [0.25, 0.3) is 0 Å². The van der Waals surface area contributed by atoms with Crippen LogP contribution in [0.4, 0.5) is 0 Å². The molecular weight excluding hydrogens is 292 g/mol. The van der Waals surface area contributed by atoms with Crippen LogP contribution in [0.15, 0.2) is 0 Å². The molecule has 0 aliphatic carbocycles. The Kier molecular flexibility index (Phi) is 12.9. The van der Waals surface area contributed by atoms with E-state index in [0.29, 0.717) is 25.9 Å². The number of hydrogen-bond donors (Lipinski definition) is 0. The first-order valence-electron chi connectivity index (χ1n) is 7.89. The summed E-state index contributed by atoms with van der Waals surface area (Å²) >= 11 is 0.